The molecule has 4 nitrogen and oxygen atoms in total. The molecule has 1 rings (SSSR count). The van der Waals surface area contributed by atoms with E-state index < -0.39 is 0 Å². The average Bonchev–Trinajstić information content (AvgIpc) is 2.48. The number of hydrogen-bond donors (Lipinski definition) is 2. The molecule has 0 saturated carbocycles. The third-order valence-corrected chi connectivity index (χ3v) is 2.86. The zero-order valence-corrected chi connectivity index (χ0v) is 9.94. The third kappa shape index (κ3) is 3.58. The van der Waals surface area contributed by atoms with Gasteiger partial charge in [0.1, 0.15) is 0 Å². The highest BCUT2D eigenvalue weighted by Gasteiger charge is 2.16. The SMILES string of the molecule is CC(C)(CO)CNc1nnc(Br)s1. The van der Waals surface area contributed by atoms with Crippen LogP contribution >= 0.6 is 27.3 Å². The molecule has 0 atom stereocenters. The molecule has 0 aliphatic heterocycles. The molecule has 6 heteroatoms. The molecule has 74 valence electrons. The Morgan fingerprint density at radius 1 is 1.54 bits per heavy atom. The predicted octanol–water partition coefficient (Wildman–Crippen LogP) is 1.73. The van der Waals surface area contributed by atoms with Crippen LogP contribution in [-0.2, 0) is 0 Å². The average molecular weight is 266 g/mol. The van der Waals surface area contributed by atoms with E-state index in [1.807, 2.05) is 13.8 Å². The first kappa shape index (κ1) is 10.9. The quantitative estimate of drug-likeness (QED) is 0.871. The lowest BCUT2D eigenvalue weighted by molar-refractivity contribution is 0.171. The summed E-state index contributed by atoms with van der Waals surface area (Å²) < 4.78 is 0.761. The largest absolute Gasteiger partial charge is 0.396 e. The van der Waals surface area contributed by atoms with Gasteiger partial charge in [-0.15, -0.1) is 10.2 Å². The molecule has 0 fully saturated rings. The summed E-state index contributed by atoms with van der Waals surface area (Å²) in [4.78, 5) is 0. The van der Waals surface area contributed by atoms with Crippen LogP contribution < -0.4 is 5.32 Å². The van der Waals surface area contributed by atoms with E-state index in [0.29, 0.717) is 6.54 Å². The van der Waals surface area contributed by atoms with Crippen molar-refractivity contribution in [2.45, 2.75) is 13.8 Å². The van der Waals surface area contributed by atoms with Crippen molar-refractivity contribution in [3.8, 4) is 0 Å². The Bertz CT molecular complexity index is 276. The highest BCUT2D eigenvalue weighted by Crippen LogP contribution is 2.22. The number of aromatic nitrogens is 2. The molecule has 2 N–H and O–H groups in total. The third-order valence-electron chi connectivity index (χ3n) is 1.55. The van der Waals surface area contributed by atoms with Crippen LogP contribution in [0.5, 0.6) is 0 Å². The van der Waals surface area contributed by atoms with Crippen molar-refractivity contribution < 1.29 is 5.11 Å². The summed E-state index contributed by atoms with van der Waals surface area (Å²) in [7, 11) is 0. The standard InChI is InChI=1S/C7H12BrN3OS/c1-7(2,4-12)3-9-6-11-10-5(8)13-6/h12H,3-4H2,1-2H3,(H,9,11). The van der Waals surface area contributed by atoms with Gasteiger partial charge in [0, 0.05) is 18.6 Å². The number of aliphatic hydroxyl groups excluding tert-OH is 1. The van der Waals surface area contributed by atoms with Crippen LogP contribution in [0.15, 0.2) is 3.92 Å². The lowest BCUT2D eigenvalue weighted by atomic mass is 9.95. The highest BCUT2D eigenvalue weighted by atomic mass is 79.9. The molecule has 0 unspecified atom stereocenters. The lowest BCUT2D eigenvalue weighted by Crippen LogP contribution is -2.26. The second-order valence-electron chi connectivity index (χ2n) is 3.54. The summed E-state index contributed by atoms with van der Waals surface area (Å²) in [6.45, 7) is 4.80. The predicted molar refractivity (Wildman–Crippen MR) is 57.0 cm³/mol. The van der Waals surface area contributed by atoms with Gasteiger partial charge in [-0.1, -0.05) is 25.2 Å². The molecule has 0 radical (unpaired) electrons. The molecular weight excluding hydrogens is 254 g/mol. The van der Waals surface area contributed by atoms with Crippen molar-refractivity contribution in [2.24, 2.45) is 5.41 Å². The fourth-order valence-electron chi connectivity index (χ4n) is 0.648. The van der Waals surface area contributed by atoms with Crippen LogP contribution in [0, 0.1) is 5.41 Å². The van der Waals surface area contributed by atoms with Crippen molar-refractivity contribution in [3.05, 3.63) is 3.92 Å². The Morgan fingerprint density at radius 3 is 2.69 bits per heavy atom. The first-order valence-corrected chi connectivity index (χ1v) is 5.48. The van der Waals surface area contributed by atoms with Crippen molar-refractivity contribution in [3.63, 3.8) is 0 Å². The Labute approximate surface area is 89.5 Å². The van der Waals surface area contributed by atoms with Crippen LogP contribution in [0.2, 0.25) is 0 Å². The van der Waals surface area contributed by atoms with Gasteiger partial charge in [0.2, 0.25) is 5.13 Å². The van der Waals surface area contributed by atoms with Gasteiger partial charge in [-0.3, -0.25) is 0 Å². The van der Waals surface area contributed by atoms with Gasteiger partial charge in [0.25, 0.3) is 0 Å². The van der Waals surface area contributed by atoms with Gasteiger partial charge < -0.3 is 10.4 Å². The molecule has 0 aliphatic rings. The lowest BCUT2D eigenvalue weighted by Gasteiger charge is -2.21. The van der Waals surface area contributed by atoms with Crippen LogP contribution in [-0.4, -0.2) is 28.5 Å². The summed E-state index contributed by atoms with van der Waals surface area (Å²) in [6.07, 6.45) is 0. The van der Waals surface area contributed by atoms with Crippen LogP contribution in [0.1, 0.15) is 13.8 Å². The van der Waals surface area contributed by atoms with E-state index in [-0.39, 0.29) is 12.0 Å². The molecule has 0 bridgehead atoms. The minimum absolute atomic E-state index is 0.127. The Morgan fingerprint density at radius 2 is 2.23 bits per heavy atom. The normalized spacial score (nSPS) is 11.7. The molecular formula is C7H12BrN3OS. The van der Waals surface area contributed by atoms with Crippen molar-refractivity contribution in [1.29, 1.82) is 0 Å². The highest BCUT2D eigenvalue weighted by molar-refractivity contribution is 9.11. The van der Waals surface area contributed by atoms with Gasteiger partial charge in [0.05, 0.1) is 0 Å². The summed E-state index contributed by atoms with van der Waals surface area (Å²) in [5, 5.41) is 20.6. The van der Waals surface area contributed by atoms with Gasteiger partial charge in [0.15, 0.2) is 3.92 Å². The van der Waals surface area contributed by atoms with Crippen LogP contribution in [0.4, 0.5) is 5.13 Å². The topological polar surface area (TPSA) is 58.0 Å². The zero-order valence-electron chi connectivity index (χ0n) is 7.54. The maximum absolute atomic E-state index is 9.00. The van der Waals surface area contributed by atoms with Crippen LogP contribution in [0.25, 0.3) is 0 Å². The number of halogens is 1. The van der Waals surface area contributed by atoms with E-state index in [0.717, 1.165) is 9.05 Å². The number of rotatable bonds is 4. The second-order valence-corrected chi connectivity index (χ2v) is 5.79. The van der Waals surface area contributed by atoms with Crippen LogP contribution in [0.3, 0.4) is 0 Å². The summed E-state index contributed by atoms with van der Waals surface area (Å²) in [6, 6.07) is 0. The second kappa shape index (κ2) is 4.34. The van der Waals surface area contributed by atoms with E-state index >= 15 is 0 Å². The molecule has 1 aromatic rings. The van der Waals surface area contributed by atoms with E-state index in [2.05, 4.69) is 31.4 Å². The first-order valence-electron chi connectivity index (χ1n) is 3.87. The fraction of sp³-hybridized carbons (Fsp3) is 0.714. The number of nitrogens with one attached hydrogen (secondary N) is 1. The van der Waals surface area contributed by atoms with E-state index in [1.165, 1.54) is 11.3 Å². The number of aliphatic hydroxyl groups is 1. The van der Waals surface area contributed by atoms with E-state index in [9.17, 15) is 0 Å². The minimum Gasteiger partial charge on any atom is -0.396 e. The number of nitrogens with zero attached hydrogens (tertiary/aromatic N) is 2. The molecule has 0 aliphatic carbocycles. The molecule has 0 aromatic carbocycles. The zero-order chi connectivity index (χ0) is 9.90. The van der Waals surface area contributed by atoms with Gasteiger partial charge in [-0.05, 0) is 15.9 Å². The van der Waals surface area contributed by atoms with Gasteiger partial charge >= 0.3 is 0 Å². The molecule has 0 spiro atoms. The summed E-state index contributed by atoms with van der Waals surface area (Å²) >= 11 is 4.67. The maximum atomic E-state index is 9.00. The Balaban J connectivity index is 2.43. The van der Waals surface area contributed by atoms with Gasteiger partial charge in [-0.2, -0.15) is 0 Å². The van der Waals surface area contributed by atoms with E-state index in [4.69, 9.17) is 5.11 Å². The summed E-state index contributed by atoms with van der Waals surface area (Å²) in [5.74, 6) is 0. The minimum atomic E-state index is -0.127. The molecule has 13 heavy (non-hydrogen) atoms. The monoisotopic (exact) mass is 265 g/mol. The Kier molecular flexibility index (Phi) is 3.63. The molecule has 0 amide bonds. The summed E-state index contributed by atoms with van der Waals surface area (Å²) in [5.41, 5.74) is -0.127. The molecule has 0 saturated heterocycles. The number of hydrogen-bond acceptors (Lipinski definition) is 5. The first-order chi connectivity index (χ1) is 6.03. The Hall–Kier alpha value is -0.200. The van der Waals surface area contributed by atoms with Crippen molar-refractivity contribution >= 4 is 32.4 Å². The maximum Gasteiger partial charge on any atom is 0.206 e. The molecule has 1 aromatic heterocycles. The van der Waals surface area contributed by atoms with Crippen molar-refractivity contribution in [1.82, 2.24) is 10.2 Å². The molecule has 1 heterocycles. The van der Waals surface area contributed by atoms with E-state index in [1.54, 1.807) is 0 Å². The fourth-order valence-corrected chi connectivity index (χ4v) is 1.65. The van der Waals surface area contributed by atoms with Gasteiger partial charge in [-0.25, -0.2) is 0 Å². The van der Waals surface area contributed by atoms with Crippen molar-refractivity contribution in [2.75, 3.05) is 18.5 Å². The number of anilines is 1. The smallest absolute Gasteiger partial charge is 0.206 e.